The van der Waals surface area contributed by atoms with E-state index >= 15 is 0 Å². The molecule has 130 valence electrons. The number of methoxy groups -OCH3 is 1. The fourth-order valence-corrected chi connectivity index (χ4v) is 3.75. The Balaban J connectivity index is 2.10. The lowest BCUT2D eigenvalue weighted by molar-refractivity contribution is 0.279. The van der Waals surface area contributed by atoms with Crippen molar-refractivity contribution in [3.8, 4) is 17.0 Å². The van der Waals surface area contributed by atoms with Crippen molar-refractivity contribution in [1.29, 1.82) is 0 Å². The van der Waals surface area contributed by atoms with E-state index in [4.69, 9.17) is 9.73 Å². The number of halogens is 1. The fraction of sp³-hybridized carbons (Fsp3) is 0.211. The van der Waals surface area contributed by atoms with Gasteiger partial charge in [0.1, 0.15) is 11.4 Å². The second-order valence-electron chi connectivity index (χ2n) is 5.42. The molecule has 0 amide bonds. The maximum atomic E-state index is 9.26. The average molecular weight is 419 g/mol. The van der Waals surface area contributed by atoms with Gasteiger partial charge in [-0.2, -0.15) is 0 Å². The van der Waals surface area contributed by atoms with Crippen molar-refractivity contribution < 1.29 is 9.84 Å². The third-order valence-electron chi connectivity index (χ3n) is 3.78. The lowest BCUT2D eigenvalue weighted by Gasteiger charge is -2.09. The Morgan fingerprint density at radius 1 is 1.16 bits per heavy atom. The Bertz CT molecular complexity index is 900. The van der Waals surface area contributed by atoms with E-state index in [1.54, 1.807) is 18.4 Å². The summed E-state index contributed by atoms with van der Waals surface area (Å²) in [6.45, 7) is 0.857. The number of para-hydroxylation sites is 2. The maximum Gasteiger partial charge on any atom is 0.190 e. The van der Waals surface area contributed by atoms with Crippen LogP contribution in [0, 0.1) is 0 Å². The van der Waals surface area contributed by atoms with Crippen LogP contribution in [0.2, 0.25) is 0 Å². The zero-order valence-corrected chi connectivity index (χ0v) is 16.3. The first-order chi connectivity index (χ1) is 12.2. The summed E-state index contributed by atoms with van der Waals surface area (Å²) in [5, 5.41) is 11.4. The highest BCUT2D eigenvalue weighted by atomic mass is 79.9. The van der Waals surface area contributed by atoms with Gasteiger partial charge in [0, 0.05) is 23.0 Å². The van der Waals surface area contributed by atoms with E-state index in [9.17, 15) is 5.11 Å². The summed E-state index contributed by atoms with van der Waals surface area (Å²) in [4.78, 5) is 5.68. The summed E-state index contributed by atoms with van der Waals surface area (Å²) in [6, 6.07) is 15.9. The molecule has 6 heteroatoms. The smallest absolute Gasteiger partial charge is 0.190 e. The molecule has 0 saturated heterocycles. The van der Waals surface area contributed by atoms with Crippen molar-refractivity contribution in [1.82, 2.24) is 4.57 Å². The highest BCUT2D eigenvalue weighted by Crippen LogP contribution is 2.27. The minimum Gasteiger partial charge on any atom is -0.494 e. The Kier molecular flexibility index (Phi) is 6.07. The van der Waals surface area contributed by atoms with E-state index < -0.39 is 0 Å². The first kappa shape index (κ1) is 17.9. The van der Waals surface area contributed by atoms with Crippen LogP contribution >= 0.6 is 27.3 Å². The quantitative estimate of drug-likeness (QED) is 0.635. The Hall–Kier alpha value is -1.89. The molecular formula is C19H19BrN2O2S. The topological polar surface area (TPSA) is 46.8 Å². The van der Waals surface area contributed by atoms with Crippen molar-refractivity contribution in [2.45, 2.75) is 13.0 Å². The third kappa shape index (κ3) is 4.21. The molecule has 0 spiro atoms. The molecular weight excluding hydrogens is 400 g/mol. The maximum absolute atomic E-state index is 9.26. The summed E-state index contributed by atoms with van der Waals surface area (Å²) in [6.07, 6.45) is 0.680. The second-order valence-corrected chi connectivity index (χ2v) is 7.18. The van der Waals surface area contributed by atoms with Crippen LogP contribution in [0.4, 0.5) is 5.69 Å². The van der Waals surface area contributed by atoms with Crippen LogP contribution in [0.5, 0.6) is 5.75 Å². The monoisotopic (exact) mass is 418 g/mol. The third-order valence-corrected chi connectivity index (χ3v) is 5.17. The molecule has 1 heterocycles. The molecule has 4 nitrogen and oxygen atoms in total. The molecule has 0 atom stereocenters. The summed E-state index contributed by atoms with van der Waals surface area (Å²) in [5.41, 5.74) is 3.02. The minimum absolute atomic E-state index is 0.150. The molecule has 3 rings (SSSR count). The van der Waals surface area contributed by atoms with Crippen LogP contribution in [0.3, 0.4) is 0 Å². The molecule has 3 aromatic rings. The summed E-state index contributed by atoms with van der Waals surface area (Å²) in [7, 11) is 1.65. The fourth-order valence-electron chi connectivity index (χ4n) is 2.54. The Morgan fingerprint density at radius 3 is 2.64 bits per heavy atom. The highest BCUT2D eigenvalue weighted by molar-refractivity contribution is 9.10. The predicted octanol–water partition coefficient (Wildman–Crippen LogP) is 4.60. The molecule has 2 aromatic carbocycles. The van der Waals surface area contributed by atoms with Crippen LogP contribution < -0.4 is 9.54 Å². The molecule has 0 bridgehead atoms. The van der Waals surface area contributed by atoms with Gasteiger partial charge in [0.25, 0.3) is 0 Å². The van der Waals surface area contributed by atoms with Crippen LogP contribution in [0.25, 0.3) is 11.3 Å². The van der Waals surface area contributed by atoms with Gasteiger partial charge in [0.05, 0.1) is 12.8 Å². The number of aliphatic hydroxyl groups excluding tert-OH is 1. The van der Waals surface area contributed by atoms with Gasteiger partial charge in [0.2, 0.25) is 0 Å². The van der Waals surface area contributed by atoms with E-state index in [-0.39, 0.29) is 6.61 Å². The molecule has 0 radical (unpaired) electrons. The van der Waals surface area contributed by atoms with Gasteiger partial charge in [0.15, 0.2) is 4.80 Å². The number of thiazole rings is 1. The first-order valence-electron chi connectivity index (χ1n) is 7.96. The molecule has 0 aliphatic heterocycles. The molecule has 0 aliphatic carbocycles. The number of benzene rings is 2. The zero-order valence-electron chi connectivity index (χ0n) is 13.9. The number of aliphatic hydroxyl groups is 1. The van der Waals surface area contributed by atoms with Gasteiger partial charge in [-0.1, -0.05) is 40.2 Å². The highest BCUT2D eigenvalue weighted by Gasteiger charge is 2.09. The van der Waals surface area contributed by atoms with Gasteiger partial charge in [-0.25, -0.2) is 4.99 Å². The largest absolute Gasteiger partial charge is 0.494 e. The van der Waals surface area contributed by atoms with Crippen LogP contribution in [0.15, 0.2) is 63.4 Å². The molecule has 0 saturated carbocycles. The van der Waals surface area contributed by atoms with E-state index in [1.165, 1.54) is 0 Å². The molecule has 25 heavy (non-hydrogen) atoms. The van der Waals surface area contributed by atoms with E-state index in [1.807, 2.05) is 36.4 Å². The SMILES string of the molecule is COc1ccccc1N=c1scc(-c2ccc(Br)cc2)n1CCCO. The van der Waals surface area contributed by atoms with Gasteiger partial charge in [-0.05, 0) is 36.2 Å². The predicted molar refractivity (Wildman–Crippen MR) is 105 cm³/mol. The number of aromatic nitrogens is 1. The van der Waals surface area contributed by atoms with Gasteiger partial charge in [-0.15, -0.1) is 11.3 Å². The van der Waals surface area contributed by atoms with Crippen molar-refractivity contribution in [3.63, 3.8) is 0 Å². The van der Waals surface area contributed by atoms with E-state index in [0.717, 1.165) is 32.0 Å². The van der Waals surface area contributed by atoms with Crippen LogP contribution in [-0.2, 0) is 6.54 Å². The summed E-state index contributed by atoms with van der Waals surface area (Å²) in [5.74, 6) is 0.745. The standard InChI is InChI=1S/C19H19BrN2O2S/c1-24-18-6-3-2-5-16(18)21-19-22(11-4-12-23)17(13-25-19)14-7-9-15(20)10-8-14/h2-3,5-10,13,23H,4,11-12H2,1H3. The van der Waals surface area contributed by atoms with Crippen LogP contribution in [-0.4, -0.2) is 23.4 Å². The molecule has 0 fully saturated rings. The van der Waals surface area contributed by atoms with E-state index in [0.29, 0.717) is 13.0 Å². The molecule has 0 unspecified atom stereocenters. The van der Waals surface area contributed by atoms with Gasteiger partial charge < -0.3 is 14.4 Å². The molecule has 0 aliphatic rings. The van der Waals surface area contributed by atoms with Crippen molar-refractivity contribution in [3.05, 3.63) is 63.2 Å². The lowest BCUT2D eigenvalue weighted by Crippen LogP contribution is -2.16. The number of nitrogens with zero attached hydrogens (tertiary/aromatic N) is 2. The number of hydrogen-bond acceptors (Lipinski definition) is 4. The number of hydrogen-bond donors (Lipinski definition) is 1. The summed E-state index contributed by atoms with van der Waals surface area (Å²) < 4.78 is 8.60. The second kappa shape index (κ2) is 8.47. The minimum atomic E-state index is 0.150. The van der Waals surface area contributed by atoms with Crippen LogP contribution in [0.1, 0.15) is 6.42 Å². The number of ether oxygens (including phenoxy) is 1. The zero-order chi connectivity index (χ0) is 17.6. The van der Waals surface area contributed by atoms with Crippen molar-refractivity contribution >= 4 is 33.0 Å². The van der Waals surface area contributed by atoms with E-state index in [2.05, 4.69) is 38.0 Å². The van der Waals surface area contributed by atoms with Gasteiger partial charge >= 0.3 is 0 Å². The first-order valence-corrected chi connectivity index (χ1v) is 9.63. The Labute approximate surface area is 159 Å². The normalized spacial score (nSPS) is 11.7. The molecule has 1 aromatic heterocycles. The van der Waals surface area contributed by atoms with Crippen molar-refractivity contribution in [2.24, 2.45) is 4.99 Å². The number of rotatable bonds is 6. The lowest BCUT2D eigenvalue weighted by atomic mass is 10.2. The van der Waals surface area contributed by atoms with Crippen molar-refractivity contribution in [2.75, 3.05) is 13.7 Å². The average Bonchev–Trinajstić information content (AvgIpc) is 3.03. The van der Waals surface area contributed by atoms with Gasteiger partial charge in [-0.3, -0.25) is 0 Å². The summed E-state index contributed by atoms with van der Waals surface area (Å²) >= 11 is 5.06. The molecule has 1 N–H and O–H groups in total. The Morgan fingerprint density at radius 2 is 1.92 bits per heavy atom.